The molecule has 1 aromatic heterocycles. The number of carbonyl (C=O) groups is 1. The predicted molar refractivity (Wildman–Crippen MR) is 70.4 cm³/mol. The number of benzene rings is 1. The Bertz CT molecular complexity index is 589. The van der Waals surface area contributed by atoms with Gasteiger partial charge in [0.1, 0.15) is 0 Å². The van der Waals surface area contributed by atoms with Crippen molar-refractivity contribution in [1.82, 2.24) is 0 Å². The third-order valence-corrected chi connectivity index (χ3v) is 4.32. The molecule has 2 aromatic rings. The van der Waals surface area contributed by atoms with Gasteiger partial charge in [-0.15, -0.1) is 11.3 Å². The molecule has 0 saturated carbocycles. The molecule has 0 radical (unpaired) electrons. The lowest BCUT2D eigenvalue weighted by molar-refractivity contribution is 0.103. The SMILES string of the molecule is O=C(c1csc(Br)c1)c1ccc2c(c1)COC2. The van der Waals surface area contributed by atoms with Gasteiger partial charge in [-0.2, -0.15) is 0 Å². The van der Waals surface area contributed by atoms with Gasteiger partial charge in [0.05, 0.1) is 17.0 Å². The molecular weight excluding hydrogens is 300 g/mol. The maximum Gasteiger partial charge on any atom is 0.193 e. The molecule has 86 valence electrons. The van der Waals surface area contributed by atoms with Gasteiger partial charge in [0, 0.05) is 16.5 Å². The van der Waals surface area contributed by atoms with Gasteiger partial charge in [-0.3, -0.25) is 4.79 Å². The van der Waals surface area contributed by atoms with Gasteiger partial charge >= 0.3 is 0 Å². The lowest BCUT2D eigenvalue weighted by atomic mass is 10.0. The smallest absolute Gasteiger partial charge is 0.193 e. The van der Waals surface area contributed by atoms with Crippen LogP contribution >= 0.6 is 27.3 Å². The molecule has 4 heteroatoms. The predicted octanol–water partition coefficient (Wildman–Crippen LogP) is 3.77. The first-order chi connectivity index (χ1) is 8.24. The lowest BCUT2D eigenvalue weighted by Gasteiger charge is -2.01. The second-order valence-electron chi connectivity index (χ2n) is 3.94. The number of ether oxygens (including phenoxy) is 1. The molecule has 1 aliphatic rings. The fourth-order valence-electron chi connectivity index (χ4n) is 1.91. The molecule has 0 saturated heterocycles. The highest BCUT2D eigenvalue weighted by atomic mass is 79.9. The standard InChI is InChI=1S/C13H9BrO2S/c14-12-4-11(7-17-12)13(15)8-1-2-9-5-16-6-10(9)3-8/h1-4,7H,5-6H2. The van der Waals surface area contributed by atoms with Crippen molar-refractivity contribution in [2.45, 2.75) is 13.2 Å². The molecule has 0 atom stereocenters. The van der Waals surface area contributed by atoms with Gasteiger partial charge in [-0.05, 0) is 39.2 Å². The van der Waals surface area contributed by atoms with E-state index in [1.165, 1.54) is 16.9 Å². The molecule has 0 bridgehead atoms. The summed E-state index contributed by atoms with van der Waals surface area (Å²) >= 11 is 4.89. The summed E-state index contributed by atoms with van der Waals surface area (Å²) in [5.41, 5.74) is 3.79. The molecule has 1 aromatic carbocycles. The molecule has 2 heterocycles. The summed E-state index contributed by atoms with van der Waals surface area (Å²) in [6, 6.07) is 7.66. The summed E-state index contributed by atoms with van der Waals surface area (Å²) in [6.45, 7) is 1.28. The maximum atomic E-state index is 12.2. The summed E-state index contributed by atoms with van der Waals surface area (Å²) in [7, 11) is 0. The highest BCUT2D eigenvalue weighted by Gasteiger charge is 2.16. The minimum absolute atomic E-state index is 0.0710. The third kappa shape index (κ3) is 2.08. The van der Waals surface area contributed by atoms with E-state index in [1.54, 1.807) is 0 Å². The van der Waals surface area contributed by atoms with E-state index in [9.17, 15) is 4.79 Å². The van der Waals surface area contributed by atoms with Gasteiger partial charge in [-0.25, -0.2) is 0 Å². The largest absolute Gasteiger partial charge is 0.372 e. The van der Waals surface area contributed by atoms with Crippen LogP contribution in [0.5, 0.6) is 0 Å². The van der Waals surface area contributed by atoms with E-state index in [1.807, 2.05) is 29.6 Å². The first-order valence-electron chi connectivity index (χ1n) is 5.22. The Balaban J connectivity index is 1.97. The van der Waals surface area contributed by atoms with E-state index in [-0.39, 0.29) is 5.78 Å². The van der Waals surface area contributed by atoms with E-state index >= 15 is 0 Å². The molecule has 0 spiro atoms. The second-order valence-corrected chi connectivity index (χ2v) is 6.24. The minimum Gasteiger partial charge on any atom is -0.372 e. The number of ketones is 1. The summed E-state index contributed by atoms with van der Waals surface area (Å²) in [6.07, 6.45) is 0. The average Bonchev–Trinajstić information content (AvgIpc) is 2.95. The van der Waals surface area contributed by atoms with E-state index < -0.39 is 0 Å². The number of halogens is 1. The number of fused-ring (bicyclic) bond motifs is 1. The summed E-state index contributed by atoms with van der Waals surface area (Å²) in [5.74, 6) is 0.0710. The van der Waals surface area contributed by atoms with Gasteiger partial charge < -0.3 is 4.74 Å². The van der Waals surface area contributed by atoms with Crippen molar-refractivity contribution in [3.8, 4) is 0 Å². The number of hydrogen-bond donors (Lipinski definition) is 0. The highest BCUT2D eigenvalue weighted by molar-refractivity contribution is 9.11. The second kappa shape index (κ2) is 4.37. The van der Waals surface area contributed by atoms with Crippen LogP contribution in [0.25, 0.3) is 0 Å². The topological polar surface area (TPSA) is 26.3 Å². The summed E-state index contributed by atoms with van der Waals surface area (Å²) in [4.78, 5) is 12.2. The molecule has 2 nitrogen and oxygen atoms in total. The van der Waals surface area contributed by atoms with E-state index in [4.69, 9.17) is 4.74 Å². The Kier molecular flexibility index (Phi) is 2.86. The van der Waals surface area contributed by atoms with Gasteiger partial charge in [0.25, 0.3) is 0 Å². The zero-order valence-electron chi connectivity index (χ0n) is 8.90. The number of carbonyl (C=O) groups excluding carboxylic acids is 1. The van der Waals surface area contributed by atoms with Crippen LogP contribution in [0.15, 0.2) is 33.4 Å². The van der Waals surface area contributed by atoms with Crippen molar-refractivity contribution < 1.29 is 9.53 Å². The fraction of sp³-hybridized carbons (Fsp3) is 0.154. The molecular formula is C13H9BrO2S. The van der Waals surface area contributed by atoms with Crippen molar-refractivity contribution in [1.29, 1.82) is 0 Å². The van der Waals surface area contributed by atoms with Crippen LogP contribution < -0.4 is 0 Å². The number of thiophene rings is 1. The molecule has 0 N–H and O–H groups in total. The van der Waals surface area contributed by atoms with Crippen LogP contribution in [0.3, 0.4) is 0 Å². The van der Waals surface area contributed by atoms with Gasteiger partial charge in [0.2, 0.25) is 0 Å². The summed E-state index contributed by atoms with van der Waals surface area (Å²) in [5, 5.41) is 1.87. The van der Waals surface area contributed by atoms with Crippen LogP contribution in [0, 0.1) is 0 Å². The first-order valence-corrected chi connectivity index (χ1v) is 6.89. The van der Waals surface area contributed by atoms with Crippen LogP contribution in [0.2, 0.25) is 0 Å². The van der Waals surface area contributed by atoms with E-state index in [2.05, 4.69) is 15.9 Å². The van der Waals surface area contributed by atoms with Crippen molar-refractivity contribution in [3.05, 3.63) is 55.7 Å². The van der Waals surface area contributed by atoms with Gasteiger partial charge in [-0.1, -0.05) is 12.1 Å². The van der Waals surface area contributed by atoms with Crippen LogP contribution in [-0.4, -0.2) is 5.78 Å². The zero-order valence-corrected chi connectivity index (χ0v) is 11.3. The van der Waals surface area contributed by atoms with Crippen molar-refractivity contribution in [2.75, 3.05) is 0 Å². The third-order valence-electron chi connectivity index (χ3n) is 2.81. The van der Waals surface area contributed by atoms with Gasteiger partial charge in [0.15, 0.2) is 5.78 Å². The molecule has 0 aliphatic carbocycles. The minimum atomic E-state index is 0.0710. The van der Waals surface area contributed by atoms with Crippen LogP contribution in [0.1, 0.15) is 27.0 Å². The zero-order chi connectivity index (χ0) is 11.8. The number of hydrogen-bond acceptors (Lipinski definition) is 3. The Morgan fingerprint density at radius 3 is 2.76 bits per heavy atom. The molecule has 17 heavy (non-hydrogen) atoms. The molecule has 0 fully saturated rings. The van der Waals surface area contributed by atoms with Crippen molar-refractivity contribution in [3.63, 3.8) is 0 Å². The normalized spacial score (nSPS) is 13.7. The Labute approximate surface area is 111 Å². The first kappa shape index (κ1) is 11.1. The fourth-order valence-corrected chi connectivity index (χ4v) is 3.05. The Morgan fingerprint density at radius 1 is 1.18 bits per heavy atom. The number of rotatable bonds is 2. The molecule has 1 aliphatic heterocycles. The Hall–Kier alpha value is -0.970. The molecule has 0 amide bonds. The summed E-state index contributed by atoms with van der Waals surface area (Å²) < 4.78 is 6.32. The van der Waals surface area contributed by atoms with E-state index in [0.29, 0.717) is 13.2 Å². The maximum absolute atomic E-state index is 12.2. The lowest BCUT2D eigenvalue weighted by Crippen LogP contribution is -2.00. The van der Waals surface area contributed by atoms with Crippen LogP contribution in [-0.2, 0) is 18.0 Å². The highest BCUT2D eigenvalue weighted by Crippen LogP contribution is 2.25. The molecule has 3 rings (SSSR count). The van der Waals surface area contributed by atoms with Crippen molar-refractivity contribution >= 4 is 33.0 Å². The average molecular weight is 309 g/mol. The monoisotopic (exact) mass is 308 g/mol. The van der Waals surface area contributed by atoms with E-state index in [0.717, 1.165) is 20.5 Å². The Morgan fingerprint density at radius 2 is 2.00 bits per heavy atom. The molecule has 0 unspecified atom stereocenters. The van der Waals surface area contributed by atoms with Crippen molar-refractivity contribution in [2.24, 2.45) is 0 Å². The quantitative estimate of drug-likeness (QED) is 0.789. The van der Waals surface area contributed by atoms with Crippen LogP contribution in [0.4, 0.5) is 0 Å².